The van der Waals surface area contributed by atoms with Crippen molar-refractivity contribution in [2.45, 2.75) is 0 Å². The Morgan fingerprint density at radius 2 is 1.88 bits per heavy atom. The van der Waals surface area contributed by atoms with Crippen LogP contribution in [0.2, 0.25) is 0 Å². The van der Waals surface area contributed by atoms with Gasteiger partial charge < -0.3 is 10.2 Å². The molecule has 1 aromatic carbocycles. The number of aromatic nitrogens is 1. The zero-order valence-corrected chi connectivity index (χ0v) is 9.51. The van der Waals surface area contributed by atoms with Gasteiger partial charge in [0.1, 0.15) is 0 Å². The Balaban J connectivity index is 2.28. The molecule has 2 aromatic rings. The van der Waals surface area contributed by atoms with Crippen LogP contribution in [-0.2, 0) is 0 Å². The molecule has 0 aliphatic rings. The fourth-order valence-electron chi connectivity index (χ4n) is 1.56. The Kier molecular flexibility index (Phi) is 3.05. The van der Waals surface area contributed by atoms with E-state index < -0.39 is 0 Å². The first-order valence-electron chi connectivity index (χ1n) is 5.21. The van der Waals surface area contributed by atoms with Gasteiger partial charge in [0.15, 0.2) is 0 Å². The Hall–Kier alpha value is -2.03. The van der Waals surface area contributed by atoms with Crippen molar-refractivity contribution >= 4 is 17.1 Å². The number of rotatable bonds is 3. The minimum absolute atomic E-state index is 0.997. The second-order valence-corrected chi connectivity index (χ2v) is 3.78. The quantitative estimate of drug-likeness (QED) is 0.849. The van der Waals surface area contributed by atoms with Crippen molar-refractivity contribution in [1.29, 1.82) is 0 Å². The fourth-order valence-corrected chi connectivity index (χ4v) is 1.56. The van der Waals surface area contributed by atoms with Crippen LogP contribution in [0.1, 0.15) is 0 Å². The molecule has 1 heterocycles. The average molecular weight is 213 g/mol. The summed E-state index contributed by atoms with van der Waals surface area (Å²) in [5.74, 6) is 0. The maximum absolute atomic E-state index is 4.08. The number of nitrogens with zero attached hydrogens (tertiary/aromatic N) is 2. The summed E-state index contributed by atoms with van der Waals surface area (Å²) < 4.78 is 0. The van der Waals surface area contributed by atoms with Crippen molar-refractivity contribution in [3.63, 3.8) is 0 Å². The molecule has 0 radical (unpaired) electrons. The summed E-state index contributed by atoms with van der Waals surface area (Å²) in [5, 5.41) is 3.35. The lowest BCUT2D eigenvalue weighted by molar-refractivity contribution is 1.13. The van der Waals surface area contributed by atoms with Gasteiger partial charge in [-0.25, -0.2) is 0 Å². The Labute approximate surface area is 95.7 Å². The molecule has 82 valence electrons. The van der Waals surface area contributed by atoms with Crippen LogP contribution >= 0.6 is 0 Å². The second kappa shape index (κ2) is 4.66. The smallest absolute Gasteiger partial charge is 0.0622 e. The predicted octanol–water partition coefficient (Wildman–Crippen LogP) is 2.89. The number of benzene rings is 1. The van der Waals surface area contributed by atoms with Crippen LogP contribution in [-0.4, -0.2) is 19.1 Å². The standard InChI is InChI=1S/C13H15N3/c1-16(2)13-8-4-3-7-12(13)15-11-6-5-9-14-10-11/h3-10,15H,1-2H3. The van der Waals surface area contributed by atoms with E-state index in [-0.39, 0.29) is 0 Å². The monoisotopic (exact) mass is 213 g/mol. The van der Waals surface area contributed by atoms with Crippen molar-refractivity contribution in [2.75, 3.05) is 24.3 Å². The number of nitrogens with one attached hydrogen (secondary N) is 1. The summed E-state index contributed by atoms with van der Waals surface area (Å²) in [4.78, 5) is 6.16. The number of hydrogen-bond acceptors (Lipinski definition) is 3. The van der Waals surface area contributed by atoms with Gasteiger partial charge >= 0.3 is 0 Å². The molecule has 3 nitrogen and oxygen atoms in total. The Bertz CT molecular complexity index is 452. The van der Waals surface area contributed by atoms with Crippen LogP contribution in [0.5, 0.6) is 0 Å². The highest BCUT2D eigenvalue weighted by Gasteiger charge is 2.02. The molecule has 1 aromatic heterocycles. The van der Waals surface area contributed by atoms with Crippen LogP contribution in [0.25, 0.3) is 0 Å². The van der Waals surface area contributed by atoms with Gasteiger partial charge in [-0.3, -0.25) is 4.98 Å². The highest BCUT2D eigenvalue weighted by Crippen LogP contribution is 2.26. The van der Waals surface area contributed by atoms with Crippen molar-refractivity contribution in [3.05, 3.63) is 48.8 Å². The second-order valence-electron chi connectivity index (χ2n) is 3.78. The number of para-hydroxylation sites is 2. The molecule has 3 heteroatoms. The van der Waals surface area contributed by atoms with E-state index >= 15 is 0 Å². The highest BCUT2D eigenvalue weighted by molar-refractivity contribution is 5.74. The predicted molar refractivity (Wildman–Crippen MR) is 68.3 cm³/mol. The number of pyridine rings is 1. The molecule has 1 N–H and O–H groups in total. The Morgan fingerprint density at radius 3 is 2.56 bits per heavy atom. The minimum atomic E-state index is 0.997. The molecule has 0 fully saturated rings. The highest BCUT2D eigenvalue weighted by atomic mass is 15.1. The summed E-state index contributed by atoms with van der Waals surface area (Å²) in [6.45, 7) is 0. The van der Waals surface area contributed by atoms with Gasteiger partial charge in [-0.05, 0) is 24.3 Å². The first-order chi connectivity index (χ1) is 7.77. The molecular formula is C13H15N3. The molecule has 0 amide bonds. The van der Waals surface area contributed by atoms with E-state index in [1.54, 1.807) is 6.20 Å². The van der Waals surface area contributed by atoms with Crippen LogP contribution in [0.3, 0.4) is 0 Å². The lowest BCUT2D eigenvalue weighted by Gasteiger charge is -2.18. The van der Waals surface area contributed by atoms with Gasteiger partial charge in [-0.2, -0.15) is 0 Å². The first-order valence-corrected chi connectivity index (χ1v) is 5.21. The van der Waals surface area contributed by atoms with E-state index in [1.807, 2.05) is 44.6 Å². The maximum atomic E-state index is 4.08. The van der Waals surface area contributed by atoms with E-state index in [2.05, 4.69) is 27.3 Å². The molecule has 0 aliphatic heterocycles. The van der Waals surface area contributed by atoms with Crippen LogP contribution in [0, 0.1) is 0 Å². The Morgan fingerprint density at radius 1 is 1.06 bits per heavy atom. The molecule has 2 rings (SSSR count). The van der Waals surface area contributed by atoms with E-state index in [1.165, 1.54) is 0 Å². The SMILES string of the molecule is CN(C)c1ccccc1Nc1cccnc1. The first kappa shape index (κ1) is 10.5. The molecule has 0 bridgehead atoms. The maximum Gasteiger partial charge on any atom is 0.0622 e. The molecule has 0 atom stereocenters. The van der Waals surface area contributed by atoms with Gasteiger partial charge in [0.2, 0.25) is 0 Å². The molecular weight excluding hydrogens is 198 g/mol. The van der Waals surface area contributed by atoms with Crippen molar-refractivity contribution < 1.29 is 0 Å². The minimum Gasteiger partial charge on any atom is -0.376 e. The third-order valence-corrected chi connectivity index (χ3v) is 2.33. The van der Waals surface area contributed by atoms with E-state index in [9.17, 15) is 0 Å². The van der Waals surface area contributed by atoms with Gasteiger partial charge in [0.25, 0.3) is 0 Å². The molecule has 0 saturated carbocycles. The topological polar surface area (TPSA) is 28.2 Å². The normalized spacial score (nSPS) is 9.88. The number of anilines is 3. The fraction of sp³-hybridized carbons (Fsp3) is 0.154. The van der Waals surface area contributed by atoms with Gasteiger partial charge in [-0.15, -0.1) is 0 Å². The molecule has 0 spiro atoms. The third-order valence-electron chi connectivity index (χ3n) is 2.33. The van der Waals surface area contributed by atoms with Crippen molar-refractivity contribution in [2.24, 2.45) is 0 Å². The van der Waals surface area contributed by atoms with Crippen LogP contribution in [0.4, 0.5) is 17.1 Å². The summed E-state index contributed by atoms with van der Waals surface area (Å²) in [5.41, 5.74) is 3.24. The summed E-state index contributed by atoms with van der Waals surface area (Å²) in [6, 6.07) is 12.1. The van der Waals surface area contributed by atoms with E-state index in [0.29, 0.717) is 0 Å². The zero-order chi connectivity index (χ0) is 11.4. The van der Waals surface area contributed by atoms with Crippen LogP contribution in [0.15, 0.2) is 48.8 Å². The molecule has 16 heavy (non-hydrogen) atoms. The number of hydrogen-bond donors (Lipinski definition) is 1. The lowest BCUT2D eigenvalue weighted by atomic mass is 10.2. The van der Waals surface area contributed by atoms with E-state index in [4.69, 9.17) is 0 Å². The molecule has 0 saturated heterocycles. The summed E-state index contributed by atoms with van der Waals surface area (Å²) in [6.07, 6.45) is 3.58. The van der Waals surface area contributed by atoms with Crippen molar-refractivity contribution in [3.8, 4) is 0 Å². The molecule has 0 unspecified atom stereocenters. The summed E-state index contributed by atoms with van der Waals surface area (Å²) >= 11 is 0. The third kappa shape index (κ3) is 2.31. The van der Waals surface area contributed by atoms with Gasteiger partial charge in [0.05, 0.1) is 23.3 Å². The van der Waals surface area contributed by atoms with Gasteiger partial charge in [0, 0.05) is 20.3 Å². The van der Waals surface area contributed by atoms with Gasteiger partial charge in [-0.1, -0.05) is 12.1 Å². The lowest BCUT2D eigenvalue weighted by Crippen LogP contribution is -2.10. The van der Waals surface area contributed by atoms with Crippen molar-refractivity contribution in [1.82, 2.24) is 4.98 Å². The molecule has 0 aliphatic carbocycles. The average Bonchev–Trinajstić information content (AvgIpc) is 2.31. The van der Waals surface area contributed by atoms with E-state index in [0.717, 1.165) is 17.1 Å². The van der Waals surface area contributed by atoms with Crippen LogP contribution < -0.4 is 10.2 Å². The summed E-state index contributed by atoms with van der Waals surface area (Å²) in [7, 11) is 4.06. The zero-order valence-electron chi connectivity index (χ0n) is 9.51. The largest absolute Gasteiger partial charge is 0.376 e.